The molecule has 0 saturated carbocycles. The van der Waals surface area contributed by atoms with Crippen LogP contribution in [0.25, 0.3) is 0 Å². The molecule has 0 fully saturated rings. The molecule has 152 valence electrons. The molecule has 1 unspecified atom stereocenters. The van der Waals surface area contributed by atoms with Crippen LogP contribution in [0.4, 0.5) is 0 Å². The fourth-order valence-corrected chi connectivity index (χ4v) is 3.60. The van der Waals surface area contributed by atoms with Gasteiger partial charge in [0.05, 0.1) is 5.60 Å². The van der Waals surface area contributed by atoms with Crippen molar-refractivity contribution in [3.8, 4) is 0 Å². The molecule has 0 amide bonds. The van der Waals surface area contributed by atoms with Crippen LogP contribution in [0.5, 0.6) is 0 Å². The average Bonchev–Trinajstić information content (AvgIpc) is 2.66. The summed E-state index contributed by atoms with van der Waals surface area (Å²) in [4.78, 5) is 0. The highest BCUT2D eigenvalue weighted by atomic mass is 16.5. The zero-order valence-electron chi connectivity index (χ0n) is 18.5. The smallest absolute Gasteiger partial charge is 0.0701 e. The Bertz CT molecular complexity index is 257. The first-order chi connectivity index (χ1) is 12.1. The minimum Gasteiger partial charge on any atom is -0.385 e. The van der Waals surface area contributed by atoms with Crippen molar-refractivity contribution in [1.29, 1.82) is 0 Å². The van der Waals surface area contributed by atoms with Gasteiger partial charge in [-0.25, -0.2) is 0 Å². The van der Waals surface area contributed by atoms with Crippen molar-refractivity contribution >= 4 is 0 Å². The van der Waals surface area contributed by atoms with Crippen LogP contribution in [-0.4, -0.2) is 26.4 Å². The van der Waals surface area contributed by atoms with Crippen molar-refractivity contribution in [2.75, 3.05) is 20.8 Å². The molecule has 2 heteroatoms. The first-order valence-electron chi connectivity index (χ1n) is 10.7. The van der Waals surface area contributed by atoms with Gasteiger partial charge in [-0.2, -0.15) is 0 Å². The van der Waals surface area contributed by atoms with Crippen molar-refractivity contribution in [3.63, 3.8) is 0 Å². The second-order valence-electron chi connectivity index (χ2n) is 7.03. The number of ether oxygens (including phenoxy) is 2. The summed E-state index contributed by atoms with van der Waals surface area (Å²) in [5.41, 5.74) is 0.0805. The number of allylic oxidation sites excluding steroid dienone is 2. The highest BCUT2D eigenvalue weighted by Gasteiger charge is 2.34. The lowest BCUT2D eigenvalue weighted by Gasteiger charge is -2.39. The Morgan fingerprint density at radius 3 is 1.72 bits per heavy atom. The van der Waals surface area contributed by atoms with E-state index in [2.05, 4.69) is 20.8 Å². The van der Waals surface area contributed by atoms with E-state index < -0.39 is 0 Å². The summed E-state index contributed by atoms with van der Waals surface area (Å²) in [6.45, 7) is 11.7. The molecular formula is C23H48O2. The van der Waals surface area contributed by atoms with E-state index in [-0.39, 0.29) is 5.60 Å². The molecule has 0 aromatic carbocycles. The van der Waals surface area contributed by atoms with Crippen LogP contribution in [0.15, 0.2) is 12.2 Å². The second-order valence-corrected chi connectivity index (χ2v) is 7.03. The molecule has 0 heterocycles. The first-order valence-corrected chi connectivity index (χ1v) is 10.7. The van der Waals surface area contributed by atoms with E-state index in [0.29, 0.717) is 5.92 Å². The molecule has 0 aromatic rings. The molecule has 1 atom stereocenters. The molecule has 2 nitrogen and oxygen atoms in total. The minimum absolute atomic E-state index is 0.0805. The van der Waals surface area contributed by atoms with E-state index in [1.807, 2.05) is 33.1 Å². The molecule has 0 aliphatic rings. The molecular weight excluding hydrogens is 308 g/mol. The maximum Gasteiger partial charge on any atom is 0.0701 e. The number of unbranched alkanes of at least 4 members (excludes halogenated alkanes) is 5. The van der Waals surface area contributed by atoms with E-state index >= 15 is 0 Å². The first kappa shape index (κ1) is 26.9. The summed E-state index contributed by atoms with van der Waals surface area (Å²) in [7, 11) is 3.70. The molecule has 0 aliphatic carbocycles. The van der Waals surface area contributed by atoms with Gasteiger partial charge in [0.25, 0.3) is 0 Å². The number of hydrogen-bond donors (Lipinski definition) is 0. The van der Waals surface area contributed by atoms with Crippen LogP contribution in [0.1, 0.15) is 105 Å². The lowest BCUT2D eigenvalue weighted by molar-refractivity contribution is -0.0721. The van der Waals surface area contributed by atoms with Gasteiger partial charge in [-0.15, -0.1) is 0 Å². The van der Waals surface area contributed by atoms with Gasteiger partial charge in [0, 0.05) is 20.8 Å². The Morgan fingerprint density at radius 1 is 0.760 bits per heavy atom. The van der Waals surface area contributed by atoms with E-state index in [1.54, 1.807) is 7.11 Å². The summed E-state index contributed by atoms with van der Waals surface area (Å²) in [6, 6.07) is 0. The maximum atomic E-state index is 5.98. The Kier molecular flexibility index (Phi) is 21.5. The third-order valence-electron chi connectivity index (χ3n) is 5.49. The average molecular weight is 357 g/mol. The fourth-order valence-electron chi connectivity index (χ4n) is 3.60. The molecule has 25 heavy (non-hydrogen) atoms. The predicted octanol–water partition coefficient (Wildman–Crippen LogP) is 7.57. The number of hydrogen-bond acceptors (Lipinski definition) is 2. The van der Waals surface area contributed by atoms with Gasteiger partial charge >= 0.3 is 0 Å². The van der Waals surface area contributed by atoms with Crippen LogP contribution < -0.4 is 0 Å². The molecule has 0 bridgehead atoms. The maximum absolute atomic E-state index is 5.98. The lowest BCUT2D eigenvalue weighted by Crippen LogP contribution is -2.39. The quantitative estimate of drug-likeness (QED) is 0.222. The summed E-state index contributed by atoms with van der Waals surface area (Å²) in [6.07, 6.45) is 18.2. The highest BCUT2D eigenvalue weighted by molar-refractivity contribution is 4.86. The normalized spacial score (nSPS) is 12.9. The van der Waals surface area contributed by atoms with Gasteiger partial charge in [-0.05, 0) is 51.9 Å². The van der Waals surface area contributed by atoms with Crippen molar-refractivity contribution in [2.24, 2.45) is 5.92 Å². The molecule has 0 rings (SSSR count). The van der Waals surface area contributed by atoms with Crippen LogP contribution >= 0.6 is 0 Å². The third-order valence-corrected chi connectivity index (χ3v) is 5.49. The standard InChI is InChI=1S/C19H40O2.C4H8/c1-6-9-10-11-12-13-15-18(16-14-17-20-4)19(7-2,8-3)21-5;1-3-4-2/h18H,6-17H2,1-5H3;3-4H,1-2H3. The van der Waals surface area contributed by atoms with Gasteiger partial charge in [0.1, 0.15) is 0 Å². The van der Waals surface area contributed by atoms with Gasteiger partial charge in [-0.1, -0.05) is 71.4 Å². The summed E-state index contributed by atoms with van der Waals surface area (Å²) in [5, 5.41) is 0. The van der Waals surface area contributed by atoms with E-state index in [0.717, 1.165) is 25.9 Å². The van der Waals surface area contributed by atoms with Gasteiger partial charge < -0.3 is 9.47 Å². The highest BCUT2D eigenvalue weighted by Crippen LogP contribution is 2.36. The minimum atomic E-state index is 0.0805. The van der Waals surface area contributed by atoms with E-state index in [9.17, 15) is 0 Å². The molecule has 0 N–H and O–H groups in total. The van der Waals surface area contributed by atoms with E-state index in [1.165, 1.54) is 51.4 Å². The van der Waals surface area contributed by atoms with E-state index in [4.69, 9.17) is 9.47 Å². The molecule has 0 aromatic heterocycles. The third kappa shape index (κ3) is 13.5. The number of methoxy groups -OCH3 is 2. The fraction of sp³-hybridized carbons (Fsp3) is 0.913. The summed E-state index contributed by atoms with van der Waals surface area (Å²) >= 11 is 0. The monoisotopic (exact) mass is 356 g/mol. The zero-order chi connectivity index (χ0) is 19.4. The van der Waals surface area contributed by atoms with Crippen molar-refractivity contribution in [1.82, 2.24) is 0 Å². The SMILES string of the molecule is CC=CC.CCCCCCCCC(CCCOC)C(CC)(CC)OC. The second kappa shape index (κ2) is 20.0. The number of rotatable bonds is 15. The van der Waals surface area contributed by atoms with Gasteiger partial charge in [0.2, 0.25) is 0 Å². The Hall–Kier alpha value is -0.340. The predicted molar refractivity (Wildman–Crippen MR) is 113 cm³/mol. The van der Waals surface area contributed by atoms with Crippen molar-refractivity contribution in [3.05, 3.63) is 12.2 Å². The topological polar surface area (TPSA) is 18.5 Å². The Balaban J connectivity index is 0. The zero-order valence-corrected chi connectivity index (χ0v) is 18.5. The Morgan fingerprint density at radius 2 is 1.28 bits per heavy atom. The van der Waals surface area contributed by atoms with Gasteiger partial charge in [0.15, 0.2) is 0 Å². The largest absolute Gasteiger partial charge is 0.385 e. The van der Waals surface area contributed by atoms with Crippen LogP contribution in [0.3, 0.4) is 0 Å². The summed E-state index contributed by atoms with van der Waals surface area (Å²) in [5.74, 6) is 0.679. The van der Waals surface area contributed by atoms with Crippen molar-refractivity contribution < 1.29 is 9.47 Å². The lowest BCUT2D eigenvalue weighted by atomic mass is 9.77. The van der Waals surface area contributed by atoms with Crippen LogP contribution in [0, 0.1) is 5.92 Å². The van der Waals surface area contributed by atoms with Crippen LogP contribution in [0.2, 0.25) is 0 Å². The molecule has 0 radical (unpaired) electrons. The summed E-state index contributed by atoms with van der Waals surface area (Å²) < 4.78 is 11.2. The molecule has 0 saturated heterocycles. The van der Waals surface area contributed by atoms with Crippen molar-refractivity contribution in [2.45, 2.75) is 111 Å². The molecule has 0 spiro atoms. The van der Waals surface area contributed by atoms with Gasteiger partial charge in [-0.3, -0.25) is 0 Å². The Labute approximate surface area is 159 Å². The molecule has 0 aliphatic heterocycles. The van der Waals surface area contributed by atoms with Crippen LogP contribution in [-0.2, 0) is 9.47 Å².